The quantitative estimate of drug-likeness (QED) is 0.898. The Balaban J connectivity index is 2.06. The SMILES string of the molecule is O=C(O)c1cc(Br)cc(C(=O)NCC2CCC2)c1. The number of carbonyl (C=O) groups is 2. The van der Waals surface area contributed by atoms with Gasteiger partial charge in [0.15, 0.2) is 0 Å². The normalized spacial score (nSPS) is 14.9. The van der Waals surface area contributed by atoms with Gasteiger partial charge in [0, 0.05) is 16.6 Å². The molecule has 2 rings (SSSR count). The Morgan fingerprint density at radius 2 is 1.94 bits per heavy atom. The van der Waals surface area contributed by atoms with Crippen molar-refractivity contribution in [1.82, 2.24) is 5.32 Å². The zero-order chi connectivity index (χ0) is 13.1. The zero-order valence-electron chi connectivity index (χ0n) is 9.78. The number of rotatable bonds is 4. The molecule has 1 aliphatic carbocycles. The Hall–Kier alpha value is -1.36. The molecule has 1 aromatic rings. The van der Waals surface area contributed by atoms with Crippen molar-refractivity contribution in [3.8, 4) is 0 Å². The third-order valence-corrected chi connectivity index (χ3v) is 3.64. The number of carboxylic acid groups (broad SMARTS) is 1. The lowest BCUT2D eigenvalue weighted by Crippen LogP contribution is -2.32. The Kier molecular flexibility index (Phi) is 4.01. The molecule has 0 heterocycles. The number of hydrogen-bond donors (Lipinski definition) is 2. The first-order valence-corrected chi connectivity index (χ1v) is 6.67. The molecule has 0 atom stereocenters. The lowest BCUT2D eigenvalue weighted by Gasteiger charge is -2.25. The Bertz CT molecular complexity index is 483. The highest BCUT2D eigenvalue weighted by Gasteiger charge is 2.18. The highest BCUT2D eigenvalue weighted by Crippen LogP contribution is 2.25. The fraction of sp³-hybridized carbons (Fsp3) is 0.385. The van der Waals surface area contributed by atoms with E-state index in [4.69, 9.17) is 5.11 Å². The average Bonchev–Trinajstić information content (AvgIpc) is 2.25. The fourth-order valence-corrected chi connectivity index (χ4v) is 2.37. The van der Waals surface area contributed by atoms with Crippen LogP contribution in [0.3, 0.4) is 0 Å². The number of halogens is 1. The highest BCUT2D eigenvalue weighted by atomic mass is 79.9. The van der Waals surface area contributed by atoms with Gasteiger partial charge in [-0.25, -0.2) is 4.79 Å². The van der Waals surface area contributed by atoms with Gasteiger partial charge in [-0.15, -0.1) is 0 Å². The molecule has 0 radical (unpaired) electrons. The smallest absolute Gasteiger partial charge is 0.335 e. The lowest BCUT2D eigenvalue weighted by atomic mass is 9.85. The number of nitrogens with one attached hydrogen (secondary N) is 1. The summed E-state index contributed by atoms with van der Waals surface area (Å²) in [6.07, 6.45) is 3.57. The van der Waals surface area contributed by atoms with Gasteiger partial charge >= 0.3 is 5.97 Å². The summed E-state index contributed by atoms with van der Waals surface area (Å²) in [6.45, 7) is 0.674. The summed E-state index contributed by atoms with van der Waals surface area (Å²) in [4.78, 5) is 22.8. The minimum Gasteiger partial charge on any atom is -0.478 e. The summed E-state index contributed by atoms with van der Waals surface area (Å²) in [7, 11) is 0. The van der Waals surface area contributed by atoms with Gasteiger partial charge in [0.2, 0.25) is 0 Å². The molecule has 1 saturated carbocycles. The maximum atomic E-state index is 11.9. The van der Waals surface area contributed by atoms with Crippen LogP contribution in [0.5, 0.6) is 0 Å². The predicted molar refractivity (Wildman–Crippen MR) is 70.8 cm³/mol. The molecule has 0 saturated heterocycles. The monoisotopic (exact) mass is 311 g/mol. The van der Waals surface area contributed by atoms with Crippen molar-refractivity contribution in [2.75, 3.05) is 6.54 Å². The van der Waals surface area contributed by atoms with Crippen molar-refractivity contribution in [1.29, 1.82) is 0 Å². The average molecular weight is 312 g/mol. The molecule has 0 unspecified atom stereocenters. The number of carboxylic acids is 1. The molecule has 0 aliphatic heterocycles. The first kappa shape index (κ1) is 13.1. The van der Waals surface area contributed by atoms with Crippen molar-refractivity contribution >= 4 is 27.8 Å². The van der Waals surface area contributed by atoms with Crippen molar-refractivity contribution in [3.05, 3.63) is 33.8 Å². The second kappa shape index (κ2) is 5.52. The van der Waals surface area contributed by atoms with E-state index in [1.165, 1.54) is 31.4 Å². The van der Waals surface area contributed by atoms with Gasteiger partial charge in [0.05, 0.1) is 5.56 Å². The van der Waals surface area contributed by atoms with Crippen LogP contribution in [0.4, 0.5) is 0 Å². The first-order chi connectivity index (χ1) is 8.56. The minimum absolute atomic E-state index is 0.109. The van der Waals surface area contributed by atoms with E-state index in [1.54, 1.807) is 6.07 Å². The molecule has 0 aromatic heterocycles. The van der Waals surface area contributed by atoms with Crippen molar-refractivity contribution < 1.29 is 14.7 Å². The van der Waals surface area contributed by atoms with Crippen LogP contribution in [0.25, 0.3) is 0 Å². The van der Waals surface area contributed by atoms with Gasteiger partial charge in [-0.1, -0.05) is 22.4 Å². The molecule has 1 aromatic carbocycles. The van der Waals surface area contributed by atoms with E-state index in [2.05, 4.69) is 21.2 Å². The number of hydrogen-bond acceptors (Lipinski definition) is 2. The molecule has 4 nitrogen and oxygen atoms in total. The predicted octanol–water partition coefficient (Wildman–Crippen LogP) is 2.68. The van der Waals surface area contributed by atoms with Crippen LogP contribution in [0, 0.1) is 5.92 Å². The number of carbonyl (C=O) groups excluding carboxylic acids is 1. The highest BCUT2D eigenvalue weighted by molar-refractivity contribution is 9.10. The summed E-state index contributed by atoms with van der Waals surface area (Å²) in [5, 5.41) is 11.8. The second-order valence-electron chi connectivity index (χ2n) is 4.54. The Labute approximate surface area is 114 Å². The Morgan fingerprint density at radius 1 is 1.28 bits per heavy atom. The topological polar surface area (TPSA) is 66.4 Å². The van der Waals surface area contributed by atoms with E-state index in [0.717, 1.165) is 0 Å². The van der Waals surface area contributed by atoms with E-state index >= 15 is 0 Å². The summed E-state index contributed by atoms with van der Waals surface area (Å²) >= 11 is 3.21. The van der Waals surface area contributed by atoms with Gasteiger partial charge < -0.3 is 10.4 Å². The van der Waals surface area contributed by atoms with Crippen LogP contribution < -0.4 is 5.32 Å². The third kappa shape index (κ3) is 3.10. The van der Waals surface area contributed by atoms with Gasteiger partial charge in [-0.3, -0.25) is 4.79 Å². The number of amides is 1. The third-order valence-electron chi connectivity index (χ3n) is 3.18. The van der Waals surface area contributed by atoms with Crippen LogP contribution in [-0.2, 0) is 0 Å². The molecule has 96 valence electrons. The minimum atomic E-state index is -1.04. The molecule has 0 bridgehead atoms. The summed E-state index contributed by atoms with van der Waals surface area (Å²) in [5.41, 5.74) is 0.485. The van der Waals surface area contributed by atoms with Crippen LogP contribution in [-0.4, -0.2) is 23.5 Å². The number of benzene rings is 1. The molecular weight excluding hydrogens is 298 g/mol. The molecule has 18 heavy (non-hydrogen) atoms. The van der Waals surface area contributed by atoms with Crippen molar-refractivity contribution in [2.45, 2.75) is 19.3 Å². The molecular formula is C13H14BrNO3. The largest absolute Gasteiger partial charge is 0.478 e. The van der Waals surface area contributed by atoms with E-state index in [0.29, 0.717) is 22.5 Å². The summed E-state index contributed by atoms with van der Waals surface area (Å²) in [5.74, 6) is -0.671. The van der Waals surface area contributed by atoms with E-state index in [1.807, 2.05) is 0 Å². The molecule has 5 heteroatoms. The second-order valence-corrected chi connectivity index (χ2v) is 5.46. The van der Waals surface area contributed by atoms with Crippen molar-refractivity contribution in [3.63, 3.8) is 0 Å². The van der Waals surface area contributed by atoms with Crippen LogP contribution in [0.15, 0.2) is 22.7 Å². The number of aromatic carboxylic acids is 1. The van der Waals surface area contributed by atoms with Gasteiger partial charge in [0.25, 0.3) is 5.91 Å². The molecule has 2 N–H and O–H groups in total. The van der Waals surface area contributed by atoms with E-state index in [9.17, 15) is 9.59 Å². The van der Waals surface area contributed by atoms with E-state index < -0.39 is 5.97 Å². The lowest BCUT2D eigenvalue weighted by molar-refractivity contribution is 0.0697. The fourth-order valence-electron chi connectivity index (χ4n) is 1.88. The first-order valence-electron chi connectivity index (χ1n) is 5.88. The van der Waals surface area contributed by atoms with Crippen LogP contribution in [0.1, 0.15) is 40.0 Å². The molecule has 1 fully saturated rings. The van der Waals surface area contributed by atoms with Crippen LogP contribution in [0.2, 0.25) is 0 Å². The standard InChI is InChI=1S/C13H14BrNO3/c14-11-5-9(4-10(6-11)13(17)18)12(16)15-7-8-2-1-3-8/h4-6,8H,1-3,7H2,(H,15,16)(H,17,18). The zero-order valence-corrected chi connectivity index (χ0v) is 11.4. The summed E-state index contributed by atoms with van der Waals surface area (Å²) < 4.78 is 0.594. The summed E-state index contributed by atoms with van der Waals surface area (Å²) in [6, 6.07) is 4.50. The van der Waals surface area contributed by atoms with Gasteiger partial charge in [0.1, 0.15) is 0 Å². The maximum Gasteiger partial charge on any atom is 0.335 e. The van der Waals surface area contributed by atoms with Gasteiger partial charge in [-0.05, 0) is 37.0 Å². The molecule has 0 spiro atoms. The van der Waals surface area contributed by atoms with Crippen LogP contribution >= 0.6 is 15.9 Å². The van der Waals surface area contributed by atoms with Crippen molar-refractivity contribution in [2.24, 2.45) is 5.92 Å². The maximum absolute atomic E-state index is 11.9. The Morgan fingerprint density at radius 3 is 2.50 bits per heavy atom. The van der Waals surface area contributed by atoms with E-state index in [-0.39, 0.29) is 11.5 Å². The molecule has 1 amide bonds. The molecule has 1 aliphatic rings. The van der Waals surface area contributed by atoms with Gasteiger partial charge in [-0.2, -0.15) is 0 Å².